The first kappa shape index (κ1) is 17.1. The number of rotatable bonds is 9. The van der Waals surface area contributed by atoms with E-state index in [1.165, 1.54) is 32.1 Å². The van der Waals surface area contributed by atoms with Gasteiger partial charge in [0.25, 0.3) is 6.26 Å². The Labute approximate surface area is 139 Å². The van der Waals surface area contributed by atoms with Gasteiger partial charge in [-0.15, -0.1) is 5.26 Å². The third kappa shape index (κ3) is 5.14. The highest BCUT2D eigenvalue weighted by Gasteiger charge is 2.11. The van der Waals surface area contributed by atoms with Gasteiger partial charge in [0.1, 0.15) is 0 Å². The van der Waals surface area contributed by atoms with Crippen molar-refractivity contribution in [1.29, 1.82) is 5.26 Å². The molecule has 2 aromatic carbocycles. The van der Waals surface area contributed by atoms with Crippen molar-refractivity contribution in [3.05, 3.63) is 54.1 Å². The molecule has 2 heteroatoms. The minimum Gasteiger partial charge on any atom is -0.387 e. The van der Waals surface area contributed by atoms with Crippen molar-refractivity contribution >= 4 is 0 Å². The molecule has 0 N–H and O–H groups in total. The van der Waals surface area contributed by atoms with Gasteiger partial charge in [-0.2, -0.15) is 0 Å². The number of ether oxygens (including phenoxy) is 1. The van der Waals surface area contributed by atoms with Crippen LogP contribution in [0.3, 0.4) is 0 Å². The second-order valence-corrected chi connectivity index (χ2v) is 5.87. The van der Waals surface area contributed by atoms with Gasteiger partial charge in [0.2, 0.25) is 0 Å². The first-order valence-electron chi connectivity index (χ1n) is 8.60. The minimum atomic E-state index is 0.717. The van der Waals surface area contributed by atoms with Gasteiger partial charge in [-0.3, -0.25) is 0 Å². The van der Waals surface area contributed by atoms with Crippen LogP contribution in [0.25, 0.3) is 11.1 Å². The molecule has 0 bridgehead atoms. The standard InChI is InChI=1S/C21H25NO/c1-2-3-4-5-6-8-14-19-15-11-16-20(21(19)23-17-22)18-12-9-7-10-13-18/h7,9-13,15-16H,2-6,8,14H2,1H3. The molecule has 0 unspecified atom stereocenters. The van der Waals surface area contributed by atoms with E-state index in [4.69, 9.17) is 10.00 Å². The van der Waals surface area contributed by atoms with E-state index in [9.17, 15) is 0 Å². The molecule has 0 aliphatic rings. The Hall–Kier alpha value is -2.27. The summed E-state index contributed by atoms with van der Waals surface area (Å²) in [6.07, 6.45) is 10.4. The molecule has 0 aliphatic carbocycles. The predicted octanol–water partition coefficient (Wildman–Crippen LogP) is 6.12. The average molecular weight is 307 g/mol. The molecular formula is C21H25NO. The molecule has 0 radical (unpaired) electrons. The van der Waals surface area contributed by atoms with Crippen molar-refractivity contribution in [3.8, 4) is 23.1 Å². The number of aryl methyl sites for hydroxylation is 1. The lowest BCUT2D eigenvalue weighted by molar-refractivity contribution is 0.499. The first-order chi connectivity index (χ1) is 11.4. The summed E-state index contributed by atoms with van der Waals surface area (Å²) in [6.45, 7) is 2.24. The Kier molecular flexibility index (Phi) is 7.20. The maximum absolute atomic E-state index is 9.01. The Morgan fingerprint density at radius 2 is 1.61 bits per heavy atom. The van der Waals surface area contributed by atoms with Crippen LogP contribution in [0.15, 0.2) is 48.5 Å². The van der Waals surface area contributed by atoms with Crippen molar-refractivity contribution in [2.45, 2.75) is 51.9 Å². The van der Waals surface area contributed by atoms with Crippen LogP contribution in [0.2, 0.25) is 0 Å². The van der Waals surface area contributed by atoms with E-state index in [0.717, 1.165) is 35.3 Å². The number of hydrogen-bond acceptors (Lipinski definition) is 2. The third-order valence-corrected chi connectivity index (χ3v) is 4.13. The van der Waals surface area contributed by atoms with Crippen LogP contribution >= 0.6 is 0 Å². The molecule has 2 nitrogen and oxygen atoms in total. The smallest absolute Gasteiger partial charge is 0.292 e. The van der Waals surface area contributed by atoms with Crippen molar-refractivity contribution in [2.24, 2.45) is 0 Å². The molecule has 2 rings (SSSR count). The van der Waals surface area contributed by atoms with Gasteiger partial charge >= 0.3 is 0 Å². The average Bonchev–Trinajstić information content (AvgIpc) is 2.60. The first-order valence-corrected chi connectivity index (χ1v) is 8.60. The van der Waals surface area contributed by atoms with Gasteiger partial charge < -0.3 is 4.74 Å². The fourth-order valence-electron chi connectivity index (χ4n) is 2.89. The lowest BCUT2D eigenvalue weighted by Gasteiger charge is -2.12. The summed E-state index contributed by atoms with van der Waals surface area (Å²) in [5, 5.41) is 9.01. The van der Waals surface area contributed by atoms with Crippen molar-refractivity contribution in [1.82, 2.24) is 0 Å². The van der Waals surface area contributed by atoms with Crippen LogP contribution in [0.1, 0.15) is 51.0 Å². The molecule has 0 fully saturated rings. The summed E-state index contributed by atoms with van der Waals surface area (Å²) in [5.74, 6) is 0.717. The second-order valence-electron chi connectivity index (χ2n) is 5.87. The largest absolute Gasteiger partial charge is 0.387 e. The summed E-state index contributed by atoms with van der Waals surface area (Å²) < 4.78 is 5.32. The molecule has 0 saturated heterocycles. The summed E-state index contributed by atoms with van der Waals surface area (Å²) in [4.78, 5) is 0. The lowest BCUT2D eigenvalue weighted by Crippen LogP contribution is -1.95. The highest BCUT2D eigenvalue weighted by atomic mass is 16.5. The van der Waals surface area contributed by atoms with Crippen molar-refractivity contribution < 1.29 is 4.74 Å². The molecule has 0 heterocycles. The van der Waals surface area contributed by atoms with E-state index in [2.05, 4.69) is 19.1 Å². The van der Waals surface area contributed by atoms with Crippen LogP contribution in [0, 0.1) is 11.5 Å². The summed E-state index contributed by atoms with van der Waals surface area (Å²) >= 11 is 0. The van der Waals surface area contributed by atoms with Gasteiger partial charge in [-0.1, -0.05) is 87.6 Å². The number of nitriles is 1. The number of benzene rings is 2. The number of hydrogen-bond donors (Lipinski definition) is 0. The maximum Gasteiger partial charge on any atom is 0.292 e. The van der Waals surface area contributed by atoms with Gasteiger partial charge in [-0.25, -0.2) is 0 Å². The quantitative estimate of drug-likeness (QED) is 0.413. The van der Waals surface area contributed by atoms with E-state index < -0.39 is 0 Å². The summed E-state index contributed by atoms with van der Waals surface area (Å²) in [6, 6.07) is 16.3. The highest BCUT2D eigenvalue weighted by Crippen LogP contribution is 2.34. The van der Waals surface area contributed by atoms with Gasteiger partial charge in [0.05, 0.1) is 0 Å². The summed E-state index contributed by atoms with van der Waals surface area (Å²) in [7, 11) is 0. The SMILES string of the molecule is CCCCCCCCc1cccc(-c2ccccc2)c1OC#N. The zero-order valence-electron chi connectivity index (χ0n) is 13.9. The Bertz CT molecular complexity index is 628. The minimum absolute atomic E-state index is 0.717. The second kappa shape index (κ2) is 9.69. The maximum atomic E-state index is 9.01. The van der Waals surface area contributed by atoms with Gasteiger partial charge in [0, 0.05) is 5.56 Å². The molecule has 0 saturated carbocycles. The molecule has 0 aliphatic heterocycles. The van der Waals surface area contributed by atoms with Gasteiger partial charge in [0.15, 0.2) is 5.75 Å². The predicted molar refractivity (Wildman–Crippen MR) is 95.2 cm³/mol. The third-order valence-electron chi connectivity index (χ3n) is 4.13. The normalized spacial score (nSPS) is 10.3. The molecule has 0 spiro atoms. The van der Waals surface area contributed by atoms with Crippen LogP contribution in [0.4, 0.5) is 0 Å². The van der Waals surface area contributed by atoms with Gasteiger partial charge in [-0.05, 0) is 24.0 Å². The van der Waals surface area contributed by atoms with Crippen molar-refractivity contribution in [2.75, 3.05) is 0 Å². The van der Waals surface area contributed by atoms with E-state index >= 15 is 0 Å². The Morgan fingerprint density at radius 1 is 0.870 bits per heavy atom. The number of para-hydroxylation sites is 1. The van der Waals surface area contributed by atoms with Crippen molar-refractivity contribution in [3.63, 3.8) is 0 Å². The zero-order chi connectivity index (χ0) is 16.3. The topological polar surface area (TPSA) is 33.0 Å². The van der Waals surface area contributed by atoms with E-state index in [0.29, 0.717) is 0 Å². The lowest BCUT2D eigenvalue weighted by atomic mass is 9.98. The molecule has 2 aromatic rings. The van der Waals surface area contributed by atoms with E-state index in [-0.39, 0.29) is 0 Å². The fourth-order valence-corrected chi connectivity index (χ4v) is 2.89. The zero-order valence-corrected chi connectivity index (χ0v) is 13.9. The number of unbranched alkanes of at least 4 members (excludes halogenated alkanes) is 5. The highest BCUT2D eigenvalue weighted by molar-refractivity contribution is 5.72. The van der Waals surface area contributed by atoms with Crippen LogP contribution < -0.4 is 4.74 Å². The molecular weight excluding hydrogens is 282 g/mol. The summed E-state index contributed by atoms with van der Waals surface area (Å²) in [5.41, 5.74) is 3.21. The van der Waals surface area contributed by atoms with Crippen LogP contribution in [-0.2, 0) is 6.42 Å². The molecule has 0 amide bonds. The molecule has 120 valence electrons. The van der Waals surface area contributed by atoms with E-state index in [1.807, 2.05) is 42.7 Å². The number of nitrogens with zero attached hydrogens (tertiary/aromatic N) is 1. The van der Waals surface area contributed by atoms with Crippen LogP contribution in [0.5, 0.6) is 5.75 Å². The molecule has 23 heavy (non-hydrogen) atoms. The Morgan fingerprint density at radius 3 is 2.35 bits per heavy atom. The monoisotopic (exact) mass is 307 g/mol. The van der Waals surface area contributed by atoms with Crippen LogP contribution in [-0.4, -0.2) is 0 Å². The molecule has 0 atom stereocenters. The fraction of sp³-hybridized carbons (Fsp3) is 0.381. The molecule has 0 aromatic heterocycles. The van der Waals surface area contributed by atoms with E-state index in [1.54, 1.807) is 0 Å². The Balaban J connectivity index is 2.09.